The molecule has 0 aliphatic carbocycles. The molecule has 3 nitrogen and oxygen atoms in total. The lowest BCUT2D eigenvalue weighted by molar-refractivity contribution is -0.185. The molecular formula is C9H13F3N2O. The summed E-state index contributed by atoms with van der Waals surface area (Å²) in [6.07, 6.45) is -2.23. The van der Waals surface area contributed by atoms with Crippen LogP contribution in [0.3, 0.4) is 0 Å². The van der Waals surface area contributed by atoms with E-state index in [9.17, 15) is 18.0 Å². The normalized spacial score (nSPS) is 31.5. The van der Waals surface area contributed by atoms with Crippen LogP contribution < -0.4 is 5.32 Å². The maximum absolute atomic E-state index is 12.2. The van der Waals surface area contributed by atoms with Crippen molar-refractivity contribution < 1.29 is 18.0 Å². The minimum Gasteiger partial charge on any atom is -0.333 e. The van der Waals surface area contributed by atoms with E-state index in [1.807, 2.05) is 0 Å². The average molecular weight is 222 g/mol. The van der Waals surface area contributed by atoms with Gasteiger partial charge in [0.15, 0.2) is 0 Å². The minimum atomic E-state index is -4.73. The molecule has 86 valence electrons. The molecule has 2 aliphatic rings. The van der Waals surface area contributed by atoms with Crippen LogP contribution in [0.5, 0.6) is 0 Å². The Balaban J connectivity index is 2.02. The van der Waals surface area contributed by atoms with Crippen LogP contribution in [0.4, 0.5) is 13.2 Å². The zero-order chi connectivity index (χ0) is 11.1. The summed E-state index contributed by atoms with van der Waals surface area (Å²) in [5.41, 5.74) is 0. The fourth-order valence-electron chi connectivity index (χ4n) is 2.31. The number of fused-ring (bicyclic) bond motifs is 2. The molecule has 0 aromatic carbocycles. The van der Waals surface area contributed by atoms with Gasteiger partial charge < -0.3 is 10.2 Å². The molecule has 2 saturated heterocycles. The van der Waals surface area contributed by atoms with Crippen LogP contribution in [0.15, 0.2) is 0 Å². The second kappa shape index (κ2) is 3.66. The lowest BCUT2D eigenvalue weighted by Gasteiger charge is -2.24. The van der Waals surface area contributed by atoms with E-state index in [1.54, 1.807) is 0 Å². The first-order chi connectivity index (χ1) is 6.97. The molecule has 2 atom stereocenters. The van der Waals surface area contributed by atoms with Gasteiger partial charge in [0.05, 0.1) is 0 Å². The summed E-state index contributed by atoms with van der Waals surface area (Å²) in [5, 5.41) is 3.23. The van der Waals surface area contributed by atoms with Gasteiger partial charge >= 0.3 is 12.1 Å². The molecule has 2 rings (SSSR count). The molecule has 15 heavy (non-hydrogen) atoms. The number of rotatable bonds is 0. The predicted molar refractivity (Wildman–Crippen MR) is 47.2 cm³/mol. The van der Waals surface area contributed by atoms with Gasteiger partial charge in [0.25, 0.3) is 0 Å². The number of hydrogen-bond donors (Lipinski definition) is 1. The monoisotopic (exact) mass is 222 g/mol. The molecule has 0 saturated carbocycles. The summed E-state index contributed by atoms with van der Waals surface area (Å²) >= 11 is 0. The topological polar surface area (TPSA) is 32.3 Å². The van der Waals surface area contributed by atoms with Crippen LogP contribution in [0.2, 0.25) is 0 Å². The van der Waals surface area contributed by atoms with Gasteiger partial charge in [-0.1, -0.05) is 0 Å². The van der Waals surface area contributed by atoms with Crippen LogP contribution >= 0.6 is 0 Å². The van der Waals surface area contributed by atoms with E-state index in [0.29, 0.717) is 12.5 Å². The quantitative estimate of drug-likeness (QED) is 0.660. The van der Waals surface area contributed by atoms with E-state index in [0.717, 1.165) is 17.7 Å². The fraction of sp³-hybridized carbons (Fsp3) is 0.889. The number of nitrogens with zero attached hydrogens (tertiary/aromatic N) is 1. The number of carbonyl (C=O) groups is 1. The summed E-state index contributed by atoms with van der Waals surface area (Å²) in [7, 11) is 0. The van der Waals surface area contributed by atoms with E-state index in [2.05, 4.69) is 5.32 Å². The number of halogens is 3. The lowest BCUT2D eigenvalue weighted by Crippen LogP contribution is -2.45. The molecule has 0 aromatic rings. The Morgan fingerprint density at radius 2 is 1.87 bits per heavy atom. The zero-order valence-electron chi connectivity index (χ0n) is 8.18. The Morgan fingerprint density at radius 3 is 2.53 bits per heavy atom. The Hall–Kier alpha value is -0.780. The van der Waals surface area contributed by atoms with E-state index in [1.165, 1.54) is 0 Å². The van der Waals surface area contributed by atoms with Crippen molar-refractivity contribution >= 4 is 5.91 Å². The second-order valence-corrected chi connectivity index (χ2v) is 4.18. The molecule has 2 aliphatic heterocycles. The number of nitrogens with one attached hydrogen (secondary N) is 1. The summed E-state index contributed by atoms with van der Waals surface area (Å²) < 4.78 is 36.6. The molecule has 2 heterocycles. The smallest absolute Gasteiger partial charge is 0.333 e. The van der Waals surface area contributed by atoms with Crippen LogP contribution in [0.1, 0.15) is 19.3 Å². The third kappa shape index (κ3) is 2.25. The van der Waals surface area contributed by atoms with Crippen molar-refractivity contribution in [3.63, 3.8) is 0 Å². The minimum absolute atomic E-state index is 0.0452. The summed E-state index contributed by atoms with van der Waals surface area (Å²) in [4.78, 5) is 11.9. The van der Waals surface area contributed by atoms with Gasteiger partial charge in [0.1, 0.15) is 0 Å². The van der Waals surface area contributed by atoms with E-state index >= 15 is 0 Å². The van der Waals surface area contributed by atoms with Gasteiger partial charge in [-0.15, -0.1) is 0 Å². The zero-order valence-corrected chi connectivity index (χ0v) is 8.18. The van der Waals surface area contributed by atoms with Gasteiger partial charge in [0.2, 0.25) is 0 Å². The largest absolute Gasteiger partial charge is 0.471 e. The highest BCUT2D eigenvalue weighted by Crippen LogP contribution is 2.24. The number of hydrogen-bond acceptors (Lipinski definition) is 2. The lowest BCUT2D eigenvalue weighted by atomic mass is 10.1. The van der Waals surface area contributed by atoms with Crippen LogP contribution in [-0.4, -0.2) is 42.2 Å². The Kier molecular flexibility index (Phi) is 2.62. The highest BCUT2D eigenvalue weighted by atomic mass is 19.4. The number of alkyl halides is 3. The number of carbonyl (C=O) groups excluding carboxylic acids is 1. The Labute approximate surface area is 85.6 Å². The van der Waals surface area contributed by atoms with Crippen molar-refractivity contribution in [2.75, 3.05) is 13.1 Å². The van der Waals surface area contributed by atoms with Gasteiger partial charge in [-0.3, -0.25) is 4.79 Å². The number of likely N-dealkylation sites (tertiary alicyclic amines) is 1. The molecule has 2 unspecified atom stereocenters. The molecule has 0 radical (unpaired) electrons. The SMILES string of the molecule is O=C(N1CCC2CCC(C1)N2)C(F)(F)F. The standard InChI is InChI=1S/C9H13F3N2O/c10-9(11,12)8(15)14-4-3-6-1-2-7(5-14)13-6/h6-7,13H,1-5H2. The highest BCUT2D eigenvalue weighted by molar-refractivity contribution is 5.81. The predicted octanol–water partition coefficient (Wildman–Crippen LogP) is 0.902. The number of amides is 1. The van der Waals surface area contributed by atoms with Crippen molar-refractivity contribution in [3.05, 3.63) is 0 Å². The summed E-state index contributed by atoms with van der Waals surface area (Å²) in [5.74, 6) is -1.70. The first-order valence-electron chi connectivity index (χ1n) is 5.09. The summed E-state index contributed by atoms with van der Waals surface area (Å²) in [6, 6.07) is 0.338. The van der Waals surface area contributed by atoms with Gasteiger partial charge in [-0.05, 0) is 19.3 Å². The van der Waals surface area contributed by atoms with Crippen molar-refractivity contribution in [1.82, 2.24) is 10.2 Å². The first-order valence-corrected chi connectivity index (χ1v) is 5.09. The molecule has 0 spiro atoms. The van der Waals surface area contributed by atoms with Crippen molar-refractivity contribution in [1.29, 1.82) is 0 Å². The molecule has 0 aromatic heterocycles. The third-order valence-electron chi connectivity index (χ3n) is 3.05. The third-order valence-corrected chi connectivity index (χ3v) is 3.05. The van der Waals surface area contributed by atoms with E-state index in [4.69, 9.17) is 0 Å². The van der Waals surface area contributed by atoms with E-state index < -0.39 is 12.1 Å². The molecule has 2 bridgehead atoms. The second-order valence-electron chi connectivity index (χ2n) is 4.18. The van der Waals surface area contributed by atoms with Gasteiger partial charge in [-0.25, -0.2) is 0 Å². The van der Waals surface area contributed by atoms with Crippen molar-refractivity contribution in [2.24, 2.45) is 0 Å². The fourth-order valence-corrected chi connectivity index (χ4v) is 2.31. The molecule has 1 amide bonds. The maximum Gasteiger partial charge on any atom is 0.471 e. The molecule has 6 heteroatoms. The van der Waals surface area contributed by atoms with Gasteiger partial charge in [-0.2, -0.15) is 13.2 Å². The average Bonchev–Trinajstić information content (AvgIpc) is 2.43. The Bertz CT molecular complexity index is 267. The van der Waals surface area contributed by atoms with Gasteiger partial charge in [0, 0.05) is 25.2 Å². The van der Waals surface area contributed by atoms with Crippen LogP contribution in [-0.2, 0) is 4.79 Å². The molecular weight excluding hydrogens is 209 g/mol. The highest BCUT2D eigenvalue weighted by Gasteiger charge is 2.44. The Morgan fingerprint density at radius 1 is 1.20 bits per heavy atom. The maximum atomic E-state index is 12.2. The molecule has 1 N–H and O–H groups in total. The van der Waals surface area contributed by atoms with Crippen molar-refractivity contribution in [3.8, 4) is 0 Å². The molecule has 2 fully saturated rings. The first kappa shape index (κ1) is 10.7. The van der Waals surface area contributed by atoms with Crippen molar-refractivity contribution in [2.45, 2.75) is 37.5 Å². The summed E-state index contributed by atoms with van der Waals surface area (Å²) in [6.45, 7) is 0.404. The van der Waals surface area contributed by atoms with E-state index in [-0.39, 0.29) is 19.1 Å². The van der Waals surface area contributed by atoms with Crippen LogP contribution in [0.25, 0.3) is 0 Å². The van der Waals surface area contributed by atoms with Crippen LogP contribution in [0, 0.1) is 0 Å².